The van der Waals surface area contributed by atoms with Crippen LogP contribution in [0.5, 0.6) is 11.5 Å². The number of hydrogen-bond acceptors (Lipinski definition) is 5. The predicted octanol–water partition coefficient (Wildman–Crippen LogP) is 2.86. The maximum absolute atomic E-state index is 13.1. The lowest BCUT2D eigenvalue weighted by molar-refractivity contribution is 0.374. The minimum absolute atomic E-state index is 0. The SMILES string of the molecule is COc1ccc(C2CCNCC2NS(=O)(=O)c2cc(C)ccc2OC)cc1.Cl. The Kier molecular flexibility index (Phi) is 7.71. The van der Waals surface area contributed by atoms with Gasteiger partial charge in [-0.05, 0) is 55.3 Å². The van der Waals surface area contributed by atoms with E-state index in [0.29, 0.717) is 12.3 Å². The number of hydrogen-bond donors (Lipinski definition) is 2. The normalized spacial score (nSPS) is 19.5. The standard InChI is InChI=1S/C20H26N2O4S.ClH/c1-14-4-9-19(26-3)20(12-14)27(23,24)22-18-13-21-11-10-17(18)15-5-7-16(25-2)8-6-15;/h4-9,12,17-18,21-22H,10-11,13H2,1-3H3;1H. The van der Waals surface area contributed by atoms with Gasteiger partial charge in [0, 0.05) is 18.5 Å². The molecule has 8 heteroatoms. The number of methoxy groups -OCH3 is 2. The van der Waals surface area contributed by atoms with E-state index >= 15 is 0 Å². The monoisotopic (exact) mass is 426 g/mol. The van der Waals surface area contributed by atoms with E-state index < -0.39 is 10.0 Å². The zero-order valence-electron chi connectivity index (χ0n) is 16.3. The summed E-state index contributed by atoms with van der Waals surface area (Å²) in [6.45, 7) is 3.29. The number of nitrogens with one attached hydrogen (secondary N) is 2. The molecule has 1 aliphatic heterocycles. The van der Waals surface area contributed by atoms with Crippen molar-refractivity contribution < 1.29 is 17.9 Å². The molecule has 0 spiro atoms. The van der Waals surface area contributed by atoms with Crippen LogP contribution in [-0.4, -0.2) is 41.8 Å². The first kappa shape index (κ1) is 22.5. The van der Waals surface area contributed by atoms with Crippen LogP contribution in [0.25, 0.3) is 0 Å². The molecule has 1 heterocycles. The number of benzene rings is 2. The molecule has 6 nitrogen and oxygen atoms in total. The second-order valence-corrected chi connectivity index (χ2v) is 8.44. The fourth-order valence-electron chi connectivity index (χ4n) is 3.49. The van der Waals surface area contributed by atoms with Gasteiger partial charge in [-0.25, -0.2) is 13.1 Å². The average Bonchev–Trinajstić information content (AvgIpc) is 2.68. The first-order valence-corrected chi connectivity index (χ1v) is 10.4. The van der Waals surface area contributed by atoms with E-state index in [1.807, 2.05) is 37.3 Å². The maximum Gasteiger partial charge on any atom is 0.244 e. The van der Waals surface area contributed by atoms with Crippen LogP contribution >= 0.6 is 12.4 Å². The van der Waals surface area contributed by atoms with Crippen LogP contribution in [0.1, 0.15) is 23.5 Å². The summed E-state index contributed by atoms with van der Waals surface area (Å²) >= 11 is 0. The Morgan fingerprint density at radius 3 is 2.43 bits per heavy atom. The second kappa shape index (κ2) is 9.60. The Morgan fingerprint density at radius 1 is 1.07 bits per heavy atom. The van der Waals surface area contributed by atoms with Gasteiger partial charge in [-0.3, -0.25) is 0 Å². The third-order valence-electron chi connectivity index (χ3n) is 4.94. The van der Waals surface area contributed by atoms with E-state index in [-0.39, 0.29) is 29.3 Å². The van der Waals surface area contributed by atoms with Gasteiger partial charge in [0.25, 0.3) is 0 Å². The number of ether oxygens (including phenoxy) is 2. The van der Waals surface area contributed by atoms with Crippen LogP contribution in [0, 0.1) is 6.92 Å². The summed E-state index contributed by atoms with van der Waals surface area (Å²) in [4.78, 5) is 0.170. The lowest BCUT2D eigenvalue weighted by Gasteiger charge is -2.33. The van der Waals surface area contributed by atoms with Crippen molar-refractivity contribution in [2.75, 3.05) is 27.3 Å². The summed E-state index contributed by atoms with van der Waals surface area (Å²) in [6, 6.07) is 12.7. The highest BCUT2D eigenvalue weighted by molar-refractivity contribution is 7.89. The van der Waals surface area contributed by atoms with Crippen molar-refractivity contribution in [3.63, 3.8) is 0 Å². The van der Waals surface area contributed by atoms with Crippen LogP contribution < -0.4 is 19.5 Å². The molecule has 0 aliphatic carbocycles. The lowest BCUT2D eigenvalue weighted by atomic mass is 9.86. The summed E-state index contributed by atoms with van der Waals surface area (Å²) in [6.07, 6.45) is 0.852. The largest absolute Gasteiger partial charge is 0.497 e. The van der Waals surface area contributed by atoms with Crippen molar-refractivity contribution in [3.05, 3.63) is 53.6 Å². The Labute approximate surface area is 173 Å². The summed E-state index contributed by atoms with van der Waals surface area (Å²) in [5.74, 6) is 1.22. The molecule has 28 heavy (non-hydrogen) atoms. The van der Waals surface area contributed by atoms with Gasteiger partial charge in [-0.1, -0.05) is 18.2 Å². The molecule has 2 aromatic rings. The summed E-state index contributed by atoms with van der Waals surface area (Å²) in [7, 11) is -0.610. The van der Waals surface area contributed by atoms with E-state index in [9.17, 15) is 8.42 Å². The molecule has 0 aromatic heterocycles. The molecule has 2 unspecified atom stereocenters. The number of aryl methyl sites for hydroxylation is 1. The third-order valence-corrected chi connectivity index (χ3v) is 6.45. The molecule has 0 radical (unpaired) electrons. The van der Waals surface area contributed by atoms with E-state index in [0.717, 1.165) is 29.8 Å². The van der Waals surface area contributed by atoms with Crippen molar-refractivity contribution in [1.82, 2.24) is 10.0 Å². The zero-order chi connectivity index (χ0) is 19.4. The highest BCUT2D eigenvalue weighted by atomic mass is 35.5. The number of sulfonamides is 1. The van der Waals surface area contributed by atoms with Crippen molar-refractivity contribution in [1.29, 1.82) is 0 Å². The third kappa shape index (κ3) is 4.97. The molecule has 0 saturated carbocycles. The van der Waals surface area contributed by atoms with Gasteiger partial charge in [-0.15, -0.1) is 12.4 Å². The fourth-order valence-corrected chi connectivity index (χ4v) is 5.02. The Hall–Kier alpha value is -1.80. The van der Waals surface area contributed by atoms with E-state index in [4.69, 9.17) is 9.47 Å². The van der Waals surface area contributed by atoms with Crippen LogP contribution in [0.15, 0.2) is 47.4 Å². The van der Waals surface area contributed by atoms with Crippen LogP contribution in [0.4, 0.5) is 0 Å². The number of piperidine rings is 1. The molecule has 2 aromatic carbocycles. The topological polar surface area (TPSA) is 76.7 Å². The zero-order valence-corrected chi connectivity index (χ0v) is 17.9. The molecule has 1 fully saturated rings. The molecule has 0 bridgehead atoms. The molecule has 2 N–H and O–H groups in total. The van der Waals surface area contributed by atoms with Gasteiger partial charge in [0.1, 0.15) is 16.4 Å². The van der Waals surface area contributed by atoms with Crippen molar-refractivity contribution >= 4 is 22.4 Å². The predicted molar refractivity (Wildman–Crippen MR) is 112 cm³/mol. The number of halogens is 1. The van der Waals surface area contributed by atoms with Gasteiger partial charge in [0.05, 0.1) is 14.2 Å². The maximum atomic E-state index is 13.1. The van der Waals surface area contributed by atoms with Crippen LogP contribution in [-0.2, 0) is 10.0 Å². The Bertz CT molecular complexity index is 888. The van der Waals surface area contributed by atoms with Crippen LogP contribution in [0.3, 0.4) is 0 Å². The first-order valence-electron chi connectivity index (χ1n) is 8.96. The van der Waals surface area contributed by atoms with Gasteiger partial charge >= 0.3 is 0 Å². The molecular weight excluding hydrogens is 400 g/mol. The minimum Gasteiger partial charge on any atom is -0.497 e. The highest BCUT2D eigenvalue weighted by Gasteiger charge is 2.31. The van der Waals surface area contributed by atoms with E-state index in [1.54, 1.807) is 19.2 Å². The summed E-state index contributed by atoms with van der Waals surface area (Å²) in [5.41, 5.74) is 1.96. The molecule has 154 valence electrons. The molecule has 0 amide bonds. The molecule has 3 rings (SSSR count). The van der Waals surface area contributed by atoms with Crippen molar-refractivity contribution in [3.8, 4) is 11.5 Å². The van der Waals surface area contributed by atoms with Gasteiger partial charge in [0.15, 0.2) is 0 Å². The summed E-state index contributed by atoms with van der Waals surface area (Å²) in [5, 5.41) is 3.29. The van der Waals surface area contributed by atoms with Gasteiger partial charge in [0.2, 0.25) is 10.0 Å². The average molecular weight is 427 g/mol. The molecular formula is C20H27ClN2O4S. The van der Waals surface area contributed by atoms with Crippen LogP contribution in [0.2, 0.25) is 0 Å². The van der Waals surface area contributed by atoms with Gasteiger partial charge in [-0.2, -0.15) is 0 Å². The van der Waals surface area contributed by atoms with Crippen molar-refractivity contribution in [2.24, 2.45) is 0 Å². The Morgan fingerprint density at radius 2 is 1.79 bits per heavy atom. The Balaban J connectivity index is 0.00000280. The van der Waals surface area contributed by atoms with E-state index in [1.165, 1.54) is 7.11 Å². The van der Waals surface area contributed by atoms with Crippen molar-refractivity contribution in [2.45, 2.75) is 30.2 Å². The highest BCUT2D eigenvalue weighted by Crippen LogP contribution is 2.30. The first-order chi connectivity index (χ1) is 12.9. The quantitative estimate of drug-likeness (QED) is 0.742. The number of rotatable bonds is 6. The molecule has 1 saturated heterocycles. The minimum atomic E-state index is -3.72. The smallest absolute Gasteiger partial charge is 0.244 e. The fraction of sp³-hybridized carbons (Fsp3) is 0.400. The lowest BCUT2D eigenvalue weighted by Crippen LogP contribution is -2.49. The van der Waals surface area contributed by atoms with Gasteiger partial charge < -0.3 is 14.8 Å². The summed E-state index contributed by atoms with van der Waals surface area (Å²) < 4.78 is 39.5. The van der Waals surface area contributed by atoms with E-state index in [2.05, 4.69) is 10.0 Å². The second-order valence-electron chi connectivity index (χ2n) is 6.75. The molecule has 2 atom stereocenters. The molecule has 1 aliphatic rings.